The molecule has 0 radical (unpaired) electrons. The van der Waals surface area contributed by atoms with Gasteiger partial charge in [0.1, 0.15) is 18.1 Å². The van der Waals surface area contributed by atoms with Gasteiger partial charge in [-0.05, 0) is 6.07 Å². The van der Waals surface area contributed by atoms with E-state index in [-0.39, 0.29) is 24.5 Å². The van der Waals surface area contributed by atoms with Gasteiger partial charge in [0.15, 0.2) is 0 Å². The number of aromatic nitrogens is 2. The Morgan fingerprint density at radius 1 is 1.42 bits per heavy atom. The van der Waals surface area contributed by atoms with Crippen LogP contribution in [0.5, 0.6) is 0 Å². The molecule has 5 atom stereocenters. The van der Waals surface area contributed by atoms with Gasteiger partial charge in [-0.25, -0.2) is 9.11 Å². The molecule has 1 fully saturated rings. The van der Waals surface area contributed by atoms with Crippen LogP contribution in [0.15, 0.2) is 17.1 Å². The normalized spacial score (nSPS) is 26.8. The number of phosphoric ester groups is 1. The Morgan fingerprint density at radius 2 is 2.04 bits per heavy atom. The van der Waals surface area contributed by atoms with E-state index in [1.165, 1.54) is 12.3 Å². The van der Waals surface area contributed by atoms with E-state index < -0.39 is 46.4 Å². The Balaban J connectivity index is 0.00000312. The molecule has 152 valence electrons. The summed E-state index contributed by atoms with van der Waals surface area (Å²) in [4.78, 5) is 45.1. The Hall–Kier alpha value is -1.22. The van der Waals surface area contributed by atoms with E-state index in [1.54, 1.807) is 0 Å². The first-order valence-electron chi connectivity index (χ1n) is 6.36. The van der Waals surface area contributed by atoms with Crippen molar-refractivity contribution in [3.63, 3.8) is 0 Å². The van der Waals surface area contributed by atoms with Crippen LogP contribution in [-0.4, -0.2) is 38.4 Å². The molecule has 12 N–H and O–H groups in total. The lowest BCUT2D eigenvalue weighted by Gasteiger charge is -2.28. The van der Waals surface area contributed by atoms with E-state index in [9.17, 15) is 28.8 Å². The van der Waals surface area contributed by atoms with E-state index in [0.717, 1.165) is 4.57 Å². The molecule has 1 aromatic rings. The second-order valence-corrected chi connectivity index (χ2v) is 7.51. The second-order valence-electron chi connectivity index (χ2n) is 4.77. The number of anilines is 1. The predicted molar refractivity (Wildman–Crippen MR) is 83.9 cm³/mol. The van der Waals surface area contributed by atoms with Crippen molar-refractivity contribution < 1.29 is 42.5 Å². The SMILES string of the molecule is Nc1ccn([C@H]2C[C@H](O)[C@@H](COP(=O)([O-])OP(=O)([O-])O)O2)c(=O)n1.[NH4+].[NH4+]. The average molecular weight is 421 g/mol. The second kappa shape index (κ2) is 9.12. The number of nitrogens with two attached hydrogens (primary N) is 1. The number of hydrogen-bond donors (Lipinski definition) is 5. The highest BCUT2D eigenvalue weighted by atomic mass is 31.3. The van der Waals surface area contributed by atoms with Crippen LogP contribution in [0.1, 0.15) is 12.6 Å². The third-order valence-corrected chi connectivity index (χ3v) is 5.06. The lowest BCUT2D eigenvalue weighted by Crippen LogP contribution is -2.29. The molecule has 1 aliphatic heterocycles. The number of hydrogen-bond acceptors (Lipinski definition) is 11. The maximum Gasteiger partial charge on any atom is 0.351 e. The third-order valence-electron chi connectivity index (χ3n) is 2.97. The first-order valence-corrected chi connectivity index (χ1v) is 9.31. The van der Waals surface area contributed by atoms with Gasteiger partial charge in [0, 0.05) is 12.6 Å². The van der Waals surface area contributed by atoms with Crippen molar-refractivity contribution in [1.82, 2.24) is 21.9 Å². The highest BCUT2D eigenvalue weighted by Gasteiger charge is 2.36. The van der Waals surface area contributed by atoms with Gasteiger partial charge in [0.05, 0.1) is 12.7 Å². The number of nitrogen functional groups attached to an aromatic ring is 1. The zero-order valence-electron chi connectivity index (χ0n) is 13.8. The smallest absolute Gasteiger partial charge is 0.351 e. The van der Waals surface area contributed by atoms with Crippen LogP contribution < -0.4 is 33.5 Å². The highest BCUT2D eigenvalue weighted by molar-refractivity contribution is 7.59. The number of nitrogens with zero attached hydrogens (tertiary/aromatic N) is 2. The van der Waals surface area contributed by atoms with E-state index in [1.807, 2.05) is 0 Å². The van der Waals surface area contributed by atoms with Crippen molar-refractivity contribution in [1.29, 1.82) is 0 Å². The standard InChI is InChI=1S/C9H15N3O10P2.2H3N/c10-7-1-2-12(9(14)11-7)8-3-5(13)6(21-8)4-20-24(18,19)22-23(15,16)17;;/h1-2,5-6,8,13H,3-4H2,(H,18,19)(H2,10,11,14)(H2,15,16,17);2*1H3/t5-,6+,8+;;/m0../s1. The van der Waals surface area contributed by atoms with Crippen LogP contribution in [0.4, 0.5) is 5.82 Å². The summed E-state index contributed by atoms with van der Waals surface area (Å²) in [5, 5.41) is 9.83. The first-order chi connectivity index (χ1) is 11.0. The molecule has 1 aromatic heterocycles. The molecule has 0 saturated carbocycles. The predicted octanol–water partition coefficient (Wildman–Crippen LogP) is -1.81. The van der Waals surface area contributed by atoms with Crippen molar-refractivity contribution in [2.45, 2.75) is 24.9 Å². The summed E-state index contributed by atoms with van der Waals surface area (Å²) in [7, 11) is -10.9. The fourth-order valence-electron chi connectivity index (χ4n) is 2.00. The monoisotopic (exact) mass is 421 g/mol. The van der Waals surface area contributed by atoms with Crippen LogP contribution in [0.2, 0.25) is 0 Å². The lowest BCUT2D eigenvalue weighted by molar-refractivity contribution is -0.242. The van der Waals surface area contributed by atoms with E-state index in [4.69, 9.17) is 15.4 Å². The molecule has 2 rings (SSSR count). The van der Waals surface area contributed by atoms with Crippen molar-refractivity contribution in [3.8, 4) is 0 Å². The van der Waals surface area contributed by atoms with Gasteiger partial charge in [-0.3, -0.25) is 13.7 Å². The third kappa shape index (κ3) is 6.83. The molecule has 0 spiro atoms. The number of quaternary nitrogens is 2. The van der Waals surface area contributed by atoms with Crippen LogP contribution in [0.25, 0.3) is 0 Å². The molecule has 1 aliphatic rings. The van der Waals surface area contributed by atoms with Crippen LogP contribution in [-0.2, 0) is 22.7 Å². The number of aliphatic hydroxyl groups is 1. The summed E-state index contributed by atoms with van der Waals surface area (Å²) in [5.41, 5.74) is 4.61. The number of ether oxygens (including phenoxy) is 1. The van der Waals surface area contributed by atoms with Crippen LogP contribution in [0, 0.1) is 0 Å². The Morgan fingerprint density at radius 3 is 2.58 bits per heavy atom. The molecule has 0 bridgehead atoms. The van der Waals surface area contributed by atoms with Gasteiger partial charge in [-0.2, -0.15) is 4.98 Å². The molecule has 0 amide bonds. The Kier molecular flexibility index (Phi) is 8.69. The van der Waals surface area contributed by atoms with Gasteiger partial charge in [0.25, 0.3) is 15.6 Å². The zero-order chi connectivity index (χ0) is 18.1. The first kappa shape index (κ1) is 24.8. The van der Waals surface area contributed by atoms with Crippen molar-refractivity contribution in [3.05, 3.63) is 22.7 Å². The van der Waals surface area contributed by atoms with Gasteiger partial charge in [0.2, 0.25) is 0 Å². The fraction of sp³-hybridized carbons (Fsp3) is 0.556. The maximum atomic E-state index is 11.7. The minimum Gasteiger partial charge on any atom is -0.756 e. The Bertz CT molecular complexity index is 753. The summed E-state index contributed by atoms with van der Waals surface area (Å²) in [6, 6.07) is 1.33. The van der Waals surface area contributed by atoms with Gasteiger partial charge >= 0.3 is 5.69 Å². The number of aliphatic hydroxyl groups excluding tert-OH is 1. The number of phosphoric acid groups is 2. The quantitative estimate of drug-likeness (QED) is 0.317. The van der Waals surface area contributed by atoms with Gasteiger partial charge < -0.3 is 47.1 Å². The molecule has 0 aromatic carbocycles. The number of rotatable bonds is 6. The summed E-state index contributed by atoms with van der Waals surface area (Å²) in [6.45, 7) is -0.796. The molecular formula is C9H21N5O10P2. The van der Waals surface area contributed by atoms with Gasteiger partial charge in [-0.1, -0.05) is 0 Å². The molecule has 2 heterocycles. The lowest BCUT2D eigenvalue weighted by atomic mass is 10.2. The minimum atomic E-state index is -5.55. The summed E-state index contributed by atoms with van der Waals surface area (Å²) in [6.07, 6.45) is -2.16. The molecule has 15 nitrogen and oxygen atoms in total. The van der Waals surface area contributed by atoms with E-state index in [0.29, 0.717) is 0 Å². The molecule has 1 saturated heterocycles. The van der Waals surface area contributed by atoms with Crippen molar-refractivity contribution in [2.75, 3.05) is 12.3 Å². The van der Waals surface area contributed by atoms with Crippen molar-refractivity contribution in [2.24, 2.45) is 0 Å². The molecule has 26 heavy (non-hydrogen) atoms. The van der Waals surface area contributed by atoms with E-state index >= 15 is 0 Å². The topological polar surface area (TPSA) is 282 Å². The van der Waals surface area contributed by atoms with Gasteiger partial charge in [-0.15, -0.1) is 0 Å². The van der Waals surface area contributed by atoms with Crippen LogP contribution >= 0.6 is 15.6 Å². The average Bonchev–Trinajstić information content (AvgIpc) is 2.75. The van der Waals surface area contributed by atoms with Crippen molar-refractivity contribution >= 4 is 21.5 Å². The molecule has 17 heteroatoms. The fourth-order valence-corrected chi connectivity index (χ4v) is 3.52. The maximum absolute atomic E-state index is 11.7. The minimum absolute atomic E-state index is 0. The largest absolute Gasteiger partial charge is 0.756 e. The summed E-state index contributed by atoms with van der Waals surface area (Å²) < 4.78 is 35.5. The summed E-state index contributed by atoms with van der Waals surface area (Å²) >= 11 is 0. The molecule has 2 unspecified atom stereocenters. The zero-order valence-corrected chi connectivity index (χ0v) is 15.6. The van der Waals surface area contributed by atoms with Crippen LogP contribution in [0.3, 0.4) is 0 Å². The molecule has 0 aliphatic carbocycles. The summed E-state index contributed by atoms with van der Waals surface area (Å²) in [5.74, 6) is -0.00910. The molecular weight excluding hydrogens is 400 g/mol. The Labute approximate surface area is 146 Å². The van der Waals surface area contributed by atoms with E-state index in [2.05, 4.69) is 13.8 Å². The highest BCUT2D eigenvalue weighted by Crippen LogP contribution is 2.52.